The highest BCUT2D eigenvalue weighted by molar-refractivity contribution is 6.34. The molecule has 0 aliphatic carbocycles. The van der Waals surface area contributed by atoms with E-state index in [2.05, 4.69) is 14.9 Å². The first kappa shape index (κ1) is 26.0. The number of nitrogens with zero attached hydrogens (tertiary/aromatic N) is 5. The van der Waals surface area contributed by atoms with Crippen LogP contribution in [0.4, 0.5) is 11.5 Å². The third-order valence-electron chi connectivity index (χ3n) is 6.75. The molecule has 1 aromatic carbocycles. The number of aryl methyl sites for hydroxylation is 1. The van der Waals surface area contributed by atoms with Gasteiger partial charge in [0.15, 0.2) is 11.7 Å². The largest absolute Gasteiger partial charge is 0.474 e. The lowest BCUT2D eigenvalue weighted by Crippen LogP contribution is -2.34. The van der Waals surface area contributed by atoms with E-state index in [1.807, 2.05) is 54.8 Å². The molecule has 5 rings (SSSR count). The molecule has 4 aromatic rings. The van der Waals surface area contributed by atoms with Gasteiger partial charge in [0.25, 0.3) is 0 Å². The van der Waals surface area contributed by atoms with Crippen molar-refractivity contribution in [2.45, 2.75) is 25.8 Å². The second-order valence-corrected chi connectivity index (χ2v) is 10.3. The number of pyridine rings is 3. The zero-order chi connectivity index (χ0) is 27.0. The van der Waals surface area contributed by atoms with Crippen LogP contribution in [0.5, 0.6) is 5.88 Å². The Bertz CT molecular complexity index is 1570. The van der Waals surface area contributed by atoms with Crippen molar-refractivity contribution in [2.24, 2.45) is 0 Å². The van der Waals surface area contributed by atoms with Crippen LogP contribution < -0.4 is 20.0 Å². The molecule has 1 saturated heterocycles. The molecule has 1 aliphatic heterocycles. The first-order valence-corrected chi connectivity index (χ1v) is 13.0. The molecule has 1 fully saturated rings. The van der Waals surface area contributed by atoms with Gasteiger partial charge in [0.05, 0.1) is 39.7 Å². The number of carbonyl (C=O) groups is 1. The van der Waals surface area contributed by atoms with E-state index >= 15 is 0 Å². The molecule has 8 nitrogen and oxygen atoms in total. The maximum Gasteiger partial charge on any atom is 0.232 e. The molecule has 1 aliphatic rings. The van der Waals surface area contributed by atoms with Crippen molar-refractivity contribution in [1.82, 2.24) is 14.5 Å². The number of carbonyl (C=O) groups excluding carboxylic acids is 1. The number of benzene rings is 1. The maximum absolute atomic E-state index is 13.1. The van der Waals surface area contributed by atoms with E-state index in [-0.39, 0.29) is 17.0 Å². The second-order valence-electron chi connectivity index (χ2n) is 9.53. The molecular formula is C28H27Cl2N5O3. The standard InChI is InChI=1S/C28H27Cl2N5O3/c1-17-6-8-22(29)28(32-17)38-16-20-5-4-10-34(20)25-12-24-21(11-23(25)30)27(37)18(15-36)14-35(24)19-7-9-26(31-13-19)33(2)3/h6-9,11-15,20H,4-5,10,16H2,1-3H3/t20-/m1/s1. The quantitative estimate of drug-likeness (QED) is 0.287. The number of ether oxygens (including phenoxy) is 1. The van der Waals surface area contributed by atoms with Crippen molar-refractivity contribution >= 4 is 51.9 Å². The Morgan fingerprint density at radius 2 is 1.97 bits per heavy atom. The molecule has 1 atom stereocenters. The summed E-state index contributed by atoms with van der Waals surface area (Å²) >= 11 is 13.0. The van der Waals surface area contributed by atoms with E-state index in [0.29, 0.717) is 39.7 Å². The average molecular weight is 552 g/mol. The molecule has 0 saturated carbocycles. The van der Waals surface area contributed by atoms with Crippen LogP contribution in [-0.2, 0) is 0 Å². The zero-order valence-corrected chi connectivity index (χ0v) is 22.8. The monoisotopic (exact) mass is 551 g/mol. The summed E-state index contributed by atoms with van der Waals surface area (Å²) in [5.74, 6) is 1.20. The third-order valence-corrected chi connectivity index (χ3v) is 7.34. The number of rotatable bonds is 7. The highest BCUT2D eigenvalue weighted by atomic mass is 35.5. The average Bonchev–Trinajstić information content (AvgIpc) is 3.38. The van der Waals surface area contributed by atoms with Crippen molar-refractivity contribution in [2.75, 3.05) is 37.0 Å². The van der Waals surface area contributed by atoms with Crippen LogP contribution >= 0.6 is 23.2 Å². The fraction of sp³-hybridized carbons (Fsp3) is 0.286. The van der Waals surface area contributed by atoms with Gasteiger partial charge in [-0.1, -0.05) is 23.2 Å². The van der Waals surface area contributed by atoms with Gasteiger partial charge in [-0.05, 0) is 56.2 Å². The Morgan fingerprint density at radius 1 is 1.16 bits per heavy atom. The highest BCUT2D eigenvalue weighted by Crippen LogP contribution is 2.36. The van der Waals surface area contributed by atoms with E-state index in [0.717, 1.165) is 42.3 Å². The van der Waals surface area contributed by atoms with Crippen molar-refractivity contribution in [3.63, 3.8) is 0 Å². The summed E-state index contributed by atoms with van der Waals surface area (Å²) < 4.78 is 7.83. The Kier molecular flexibility index (Phi) is 7.27. The summed E-state index contributed by atoms with van der Waals surface area (Å²) in [7, 11) is 3.82. The van der Waals surface area contributed by atoms with Gasteiger partial charge in [0.2, 0.25) is 5.88 Å². The molecule has 0 bridgehead atoms. The van der Waals surface area contributed by atoms with Crippen LogP contribution in [0.2, 0.25) is 10.0 Å². The van der Waals surface area contributed by atoms with Crippen LogP contribution in [-0.4, -0.2) is 54.1 Å². The lowest BCUT2D eigenvalue weighted by atomic mass is 10.1. The second kappa shape index (κ2) is 10.6. The van der Waals surface area contributed by atoms with Crippen molar-refractivity contribution in [1.29, 1.82) is 0 Å². The fourth-order valence-electron chi connectivity index (χ4n) is 4.78. The van der Waals surface area contributed by atoms with Gasteiger partial charge in [-0.2, -0.15) is 0 Å². The maximum atomic E-state index is 13.1. The number of anilines is 2. The van der Waals surface area contributed by atoms with Crippen molar-refractivity contribution in [3.8, 4) is 11.6 Å². The number of halogens is 2. The van der Waals surface area contributed by atoms with E-state index in [1.165, 1.54) is 0 Å². The van der Waals surface area contributed by atoms with Crippen molar-refractivity contribution < 1.29 is 9.53 Å². The molecular weight excluding hydrogens is 525 g/mol. The Hall–Kier alpha value is -3.62. The topological polar surface area (TPSA) is 80.6 Å². The summed E-state index contributed by atoms with van der Waals surface area (Å²) in [6.07, 6.45) is 5.71. The first-order valence-electron chi connectivity index (χ1n) is 12.3. The SMILES string of the molecule is Cc1ccc(Cl)c(OC[C@H]2CCCN2c2cc3c(cc2Cl)c(=O)c(C=O)cn3-c2ccc(N(C)C)nc2)n1. The van der Waals surface area contributed by atoms with E-state index in [9.17, 15) is 9.59 Å². The van der Waals surface area contributed by atoms with Crippen LogP contribution in [0.1, 0.15) is 28.9 Å². The molecule has 0 radical (unpaired) electrons. The summed E-state index contributed by atoms with van der Waals surface area (Å²) in [5, 5.41) is 1.26. The fourth-order valence-corrected chi connectivity index (χ4v) is 5.21. The van der Waals surface area contributed by atoms with Gasteiger partial charge >= 0.3 is 0 Å². The summed E-state index contributed by atoms with van der Waals surface area (Å²) in [6.45, 7) is 3.06. The van der Waals surface area contributed by atoms with Gasteiger partial charge in [-0.15, -0.1) is 0 Å². The molecule has 0 N–H and O–H groups in total. The van der Waals surface area contributed by atoms with E-state index in [1.54, 1.807) is 24.5 Å². The smallest absolute Gasteiger partial charge is 0.232 e. The van der Waals surface area contributed by atoms with Gasteiger partial charge in [-0.25, -0.2) is 9.97 Å². The number of hydrogen-bond acceptors (Lipinski definition) is 7. The highest BCUT2D eigenvalue weighted by Gasteiger charge is 2.28. The normalized spacial score (nSPS) is 15.2. The van der Waals surface area contributed by atoms with Gasteiger partial charge in [-0.3, -0.25) is 9.59 Å². The minimum absolute atomic E-state index is 0.0405. The molecule has 10 heteroatoms. The van der Waals surface area contributed by atoms with E-state index < -0.39 is 0 Å². The van der Waals surface area contributed by atoms with E-state index in [4.69, 9.17) is 27.9 Å². The number of hydrogen-bond donors (Lipinski definition) is 0. The summed E-state index contributed by atoms with van der Waals surface area (Å²) in [6, 6.07) is 11.0. The van der Waals surface area contributed by atoms with Crippen LogP contribution in [0.3, 0.4) is 0 Å². The minimum Gasteiger partial charge on any atom is -0.474 e. The molecule has 196 valence electrons. The lowest BCUT2D eigenvalue weighted by molar-refractivity contribution is 0.112. The molecule has 0 unspecified atom stereocenters. The van der Waals surface area contributed by atoms with Crippen molar-refractivity contribution in [3.05, 3.63) is 80.3 Å². The molecule has 38 heavy (non-hydrogen) atoms. The lowest BCUT2D eigenvalue weighted by Gasteiger charge is -2.28. The first-order chi connectivity index (χ1) is 18.3. The predicted molar refractivity (Wildman–Crippen MR) is 152 cm³/mol. The molecule has 0 amide bonds. The van der Waals surface area contributed by atoms with Gasteiger partial charge in [0.1, 0.15) is 17.4 Å². The summed E-state index contributed by atoms with van der Waals surface area (Å²) in [5.41, 5.74) is 2.66. The minimum atomic E-state index is -0.362. The zero-order valence-electron chi connectivity index (χ0n) is 21.3. The van der Waals surface area contributed by atoms with Crippen LogP contribution in [0.15, 0.2) is 53.6 Å². The third kappa shape index (κ3) is 4.93. The number of aldehydes is 1. The Balaban J connectivity index is 1.56. The summed E-state index contributed by atoms with van der Waals surface area (Å²) in [4.78, 5) is 37.8. The predicted octanol–water partition coefficient (Wildman–Crippen LogP) is 5.32. The van der Waals surface area contributed by atoms with Gasteiger partial charge in [0, 0.05) is 37.9 Å². The molecule has 4 heterocycles. The number of fused-ring (bicyclic) bond motifs is 1. The Morgan fingerprint density at radius 3 is 2.68 bits per heavy atom. The molecule has 3 aromatic heterocycles. The Labute approximate surface area is 230 Å². The number of aromatic nitrogens is 3. The van der Waals surface area contributed by atoms with Crippen LogP contribution in [0.25, 0.3) is 16.6 Å². The molecule has 0 spiro atoms. The van der Waals surface area contributed by atoms with Gasteiger partial charge < -0.3 is 19.1 Å². The van der Waals surface area contributed by atoms with Crippen LogP contribution in [0, 0.1) is 6.92 Å².